The summed E-state index contributed by atoms with van der Waals surface area (Å²) in [7, 11) is 0. The van der Waals surface area contributed by atoms with E-state index in [-0.39, 0.29) is 35.5 Å². The lowest BCUT2D eigenvalue weighted by molar-refractivity contribution is 0.0456. The zero-order valence-electron chi connectivity index (χ0n) is 17.4. The number of carbonyl (C=O) groups excluding carboxylic acids is 2. The van der Waals surface area contributed by atoms with Gasteiger partial charge in [-0.05, 0) is 36.4 Å². The maximum atomic E-state index is 12.7. The Morgan fingerprint density at radius 2 is 1.61 bits per heavy atom. The van der Waals surface area contributed by atoms with Gasteiger partial charge in [0.15, 0.2) is 0 Å². The van der Waals surface area contributed by atoms with Crippen LogP contribution in [0.5, 0.6) is 0 Å². The molecule has 0 saturated carbocycles. The van der Waals surface area contributed by atoms with Crippen LogP contribution >= 0.6 is 0 Å². The number of hydrogen-bond donors (Lipinski definition) is 2. The number of fused-ring (bicyclic) bond motifs is 1. The average Bonchev–Trinajstić information content (AvgIpc) is 2.84. The third-order valence-corrected chi connectivity index (χ3v) is 5.01. The number of carbonyl (C=O) groups is 2. The number of ether oxygens (including phenoxy) is 1. The number of aromatic nitrogens is 1. The van der Waals surface area contributed by atoms with E-state index in [1.54, 1.807) is 60.7 Å². The number of rotatable bonds is 7. The highest BCUT2D eigenvalue weighted by atomic mass is 16.5. The Morgan fingerprint density at radius 1 is 0.939 bits per heavy atom. The van der Waals surface area contributed by atoms with Crippen molar-refractivity contribution in [1.82, 2.24) is 10.3 Å². The summed E-state index contributed by atoms with van der Waals surface area (Å²) in [5.41, 5.74) is 0.0711. The monoisotopic (exact) mass is 444 g/mol. The first-order chi connectivity index (χ1) is 16.0. The molecule has 0 aliphatic carbocycles. The highest BCUT2D eigenvalue weighted by Crippen LogP contribution is 2.11. The minimum Gasteiger partial charge on any atom is -0.460 e. The second-order valence-corrected chi connectivity index (χ2v) is 7.35. The molecule has 0 unspecified atom stereocenters. The molecule has 0 fully saturated rings. The Kier molecular flexibility index (Phi) is 6.45. The quantitative estimate of drug-likeness (QED) is 0.423. The minimum atomic E-state index is -0.742. The van der Waals surface area contributed by atoms with Crippen molar-refractivity contribution in [2.24, 2.45) is 0 Å². The van der Waals surface area contributed by atoms with Gasteiger partial charge in [-0.2, -0.15) is 0 Å². The van der Waals surface area contributed by atoms with Gasteiger partial charge >= 0.3 is 11.6 Å². The van der Waals surface area contributed by atoms with Gasteiger partial charge in [-0.15, -0.1) is 0 Å². The molecule has 2 N–H and O–H groups in total. The molecule has 0 aliphatic heterocycles. The summed E-state index contributed by atoms with van der Waals surface area (Å²) >= 11 is 0. The van der Waals surface area contributed by atoms with E-state index in [4.69, 9.17) is 9.15 Å². The van der Waals surface area contributed by atoms with E-state index >= 15 is 0 Å². The molecule has 8 nitrogen and oxygen atoms in total. The number of nitrogens with one attached hydrogen (secondary N) is 2. The Labute approximate surface area is 187 Å². The molecule has 1 atom stereocenters. The van der Waals surface area contributed by atoms with Gasteiger partial charge in [0, 0.05) is 23.7 Å². The van der Waals surface area contributed by atoms with Crippen molar-refractivity contribution in [2.45, 2.75) is 12.5 Å². The Bertz CT molecular complexity index is 1390. The van der Waals surface area contributed by atoms with Crippen LogP contribution in [-0.4, -0.2) is 29.5 Å². The fraction of sp³-hybridized carbons (Fsp3) is 0.120. The lowest BCUT2D eigenvalue weighted by Gasteiger charge is -2.19. The lowest BCUT2D eigenvalue weighted by Crippen LogP contribution is -2.41. The molecular weight excluding hydrogens is 424 g/mol. The third-order valence-electron chi connectivity index (χ3n) is 5.01. The molecule has 33 heavy (non-hydrogen) atoms. The molecule has 4 aromatic rings. The smallest absolute Gasteiger partial charge is 0.339 e. The highest BCUT2D eigenvalue weighted by Gasteiger charge is 2.20. The van der Waals surface area contributed by atoms with Crippen LogP contribution in [0.4, 0.5) is 0 Å². The Balaban J connectivity index is 1.58. The fourth-order valence-corrected chi connectivity index (χ4v) is 3.35. The van der Waals surface area contributed by atoms with E-state index in [1.165, 1.54) is 18.3 Å². The van der Waals surface area contributed by atoms with Crippen LogP contribution in [-0.2, 0) is 11.2 Å². The van der Waals surface area contributed by atoms with Gasteiger partial charge < -0.3 is 19.5 Å². The molecular formula is C25H20N2O6. The standard InChI is InChI=1S/C25H20N2O6/c28-22(16-7-3-1-4-8-16)27-19(15-32-24(30)17-9-5-2-6-10-17)13-18-14-20-21(33-25(18)31)11-12-26-23(20)29/h1-12,14,19H,13,15H2,(H,26,29)(H,27,28)/t19-/m0/s1. The number of aromatic amines is 1. The van der Waals surface area contributed by atoms with Crippen LogP contribution in [0.1, 0.15) is 26.3 Å². The molecule has 2 aromatic carbocycles. The van der Waals surface area contributed by atoms with Gasteiger partial charge in [0.1, 0.15) is 12.2 Å². The van der Waals surface area contributed by atoms with Gasteiger partial charge in [-0.1, -0.05) is 36.4 Å². The summed E-state index contributed by atoms with van der Waals surface area (Å²) in [4.78, 5) is 52.2. The summed E-state index contributed by atoms with van der Waals surface area (Å²) in [6.07, 6.45) is 1.38. The molecule has 166 valence electrons. The van der Waals surface area contributed by atoms with Crippen LogP contribution in [0.15, 0.2) is 93.0 Å². The number of benzene rings is 2. The van der Waals surface area contributed by atoms with Crippen LogP contribution in [0, 0.1) is 0 Å². The van der Waals surface area contributed by atoms with Gasteiger partial charge in [0.2, 0.25) is 0 Å². The van der Waals surface area contributed by atoms with Crippen LogP contribution < -0.4 is 16.5 Å². The van der Waals surface area contributed by atoms with Crippen molar-refractivity contribution in [3.63, 3.8) is 0 Å². The lowest BCUT2D eigenvalue weighted by atomic mass is 10.1. The molecule has 0 radical (unpaired) electrons. The minimum absolute atomic E-state index is 0.00670. The largest absolute Gasteiger partial charge is 0.460 e. The number of esters is 1. The summed E-state index contributed by atoms with van der Waals surface area (Å²) in [6.45, 7) is -0.186. The zero-order chi connectivity index (χ0) is 23.2. The van der Waals surface area contributed by atoms with Crippen LogP contribution in [0.2, 0.25) is 0 Å². The SMILES string of the molecule is O=C(N[C@H](COC(=O)c1ccccc1)Cc1cc2c(=O)[nH]ccc2oc1=O)c1ccccc1. The molecule has 2 aromatic heterocycles. The molecule has 0 saturated heterocycles. The zero-order valence-corrected chi connectivity index (χ0v) is 17.4. The average molecular weight is 444 g/mol. The van der Waals surface area contributed by atoms with Crippen molar-refractivity contribution in [3.8, 4) is 0 Å². The number of amides is 1. The summed E-state index contributed by atoms with van der Waals surface area (Å²) in [6, 6.07) is 19.1. The Morgan fingerprint density at radius 3 is 2.30 bits per heavy atom. The Hall–Kier alpha value is -4.46. The van der Waals surface area contributed by atoms with E-state index in [9.17, 15) is 19.2 Å². The van der Waals surface area contributed by atoms with Gasteiger partial charge in [0.05, 0.1) is 17.0 Å². The maximum Gasteiger partial charge on any atom is 0.339 e. The predicted octanol–water partition coefficient (Wildman–Crippen LogP) is 2.68. The van der Waals surface area contributed by atoms with Crippen molar-refractivity contribution in [3.05, 3.63) is 116 Å². The summed E-state index contributed by atoms with van der Waals surface area (Å²) < 4.78 is 10.7. The van der Waals surface area contributed by atoms with Gasteiger partial charge in [-0.25, -0.2) is 9.59 Å². The molecule has 8 heteroatoms. The van der Waals surface area contributed by atoms with E-state index in [1.807, 2.05) is 0 Å². The molecule has 0 bridgehead atoms. The molecule has 4 rings (SSSR count). The van der Waals surface area contributed by atoms with Crippen molar-refractivity contribution in [1.29, 1.82) is 0 Å². The topological polar surface area (TPSA) is 118 Å². The van der Waals surface area contributed by atoms with Crippen molar-refractivity contribution in [2.75, 3.05) is 6.61 Å². The van der Waals surface area contributed by atoms with Crippen LogP contribution in [0.3, 0.4) is 0 Å². The van der Waals surface area contributed by atoms with E-state index < -0.39 is 23.2 Å². The van der Waals surface area contributed by atoms with E-state index in [2.05, 4.69) is 10.3 Å². The first-order valence-electron chi connectivity index (χ1n) is 10.2. The molecule has 0 aliphatic rings. The molecule has 0 spiro atoms. The number of hydrogen-bond acceptors (Lipinski definition) is 6. The number of H-pyrrole nitrogens is 1. The van der Waals surface area contributed by atoms with Crippen LogP contribution in [0.25, 0.3) is 11.0 Å². The second-order valence-electron chi connectivity index (χ2n) is 7.35. The highest BCUT2D eigenvalue weighted by molar-refractivity contribution is 5.94. The van der Waals surface area contributed by atoms with E-state index in [0.29, 0.717) is 11.1 Å². The fourth-order valence-electron chi connectivity index (χ4n) is 3.35. The van der Waals surface area contributed by atoms with E-state index in [0.717, 1.165) is 0 Å². The molecule has 2 heterocycles. The third kappa shape index (κ3) is 5.24. The summed E-state index contributed by atoms with van der Waals surface area (Å²) in [5, 5.41) is 3.01. The normalized spacial score (nSPS) is 11.6. The maximum absolute atomic E-state index is 12.7. The second kappa shape index (κ2) is 9.78. The number of pyridine rings is 1. The van der Waals surface area contributed by atoms with Crippen molar-refractivity contribution >= 4 is 22.8 Å². The van der Waals surface area contributed by atoms with Gasteiger partial charge in [-0.3, -0.25) is 9.59 Å². The predicted molar refractivity (Wildman–Crippen MR) is 121 cm³/mol. The molecule has 1 amide bonds. The first kappa shape index (κ1) is 21.8. The summed E-state index contributed by atoms with van der Waals surface area (Å²) in [5.74, 6) is -0.948. The van der Waals surface area contributed by atoms with Crippen molar-refractivity contribution < 1.29 is 18.7 Å². The first-order valence-corrected chi connectivity index (χ1v) is 10.2. The van der Waals surface area contributed by atoms with Gasteiger partial charge in [0.25, 0.3) is 11.5 Å².